The average Bonchev–Trinajstić information content (AvgIpc) is 3.26. The van der Waals surface area contributed by atoms with Crippen molar-refractivity contribution >= 4 is 23.3 Å². The first-order valence-electron chi connectivity index (χ1n) is 9.49. The zero-order valence-electron chi connectivity index (χ0n) is 16.5. The summed E-state index contributed by atoms with van der Waals surface area (Å²) in [6, 6.07) is 10.5. The summed E-state index contributed by atoms with van der Waals surface area (Å²) in [5.74, 6) is -0.568. The van der Waals surface area contributed by atoms with Gasteiger partial charge in [0, 0.05) is 24.4 Å². The highest BCUT2D eigenvalue weighted by atomic mass is 16.6. The van der Waals surface area contributed by atoms with Crippen LogP contribution in [0.1, 0.15) is 28.8 Å². The standard InChI is InChI=1S/C21H22N2O7/c1-14-11-16(23(26)27)6-9-19(14)22-20(24)13-30-21(25)15-4-7-17(8-5-15)29-12-18-3-2-10-28-18/h4-9,11,18H,2-3,10,12-13H2,1H3,(H,22,24)/t18-/m0/s1. The van der Waals surface area contributed by atoms with Crippen LogP contribution in [0, 0.1) is 17.0 Å². The van der Waals surface area contributed by atoms with Crippen molar-refractivity contribution in [3.63, 3.8) is 0 Å². The van der Waals surface area contributed by atoms with Crippen molar-refractivity contribution in [3.8, 4) is 5.75 Å². The number of carbonyl (C=O) groups excluding carboxylic acids is 2. The van der Waals surface area contributed by atoms with Crippen LogP contribution >= 0.6 is 0 Å². The van der Waals surface area contributed by atoms with Crippen molar-refractivity contribution < 1.29 is 28.7 Å². The van der Waals surface area contributed by atoms with Gasteiger partial charge in [-0.3, -0.25) is 14.9 Å². The molecule has 1 fully saturated rings. The molecule has 1 aliphatic rings. The number of amides is 1. The third kappa shape index (κ3) is 5.77. The summed E-state index contributed by atoms with van der Waals surface area (Å²) in [7, 11) is 0. The molecular formula is C21H22N2O7. The number of hydrogen-bond acceptors (Lipinski definition) is 7. The molecule has 3 rings (SSSR count). The Morgan fingerprint density at radius 1 is 1.23 bits per heavy atom. The Kier molecular flexibility index (Phi) is 6.97. The summed E-state index contributed by atoms with van der Waals surface area (Å²) < 4.78 is 16.2. The van der Waals surface area contributed by atoms with Gasteiger partial charge in [-0.1, -0.05) is 0 Å². The van der Waals surface area contributed by atoms with Gasteiger partial charge in [-0.2, -0.15) is 0 Å². The van der Waals surface area contributed by atoms with Gasteiger partial charge in [0.25, 0.3) is 11.6 Å². The van der Waals surface area contributed by atoms with Gasteiger partial charge in [0.1, 0.15) is 12.4 Å². The Balaban J connectivity index is 1.46. The van der Waals surface area contributed by atoms with Crippen molar-refractivity contribution in [1.82, 2.24) is 0 Å². The number of nitrogens with one attached hydrogen (secondary N) is 1. The third-order valence-electron chi connectivity index (χ3n) is 4.58. The number of rotatable bonds is 8. The van der Waals surface area contributed by atoms with Crippen molar-refractivity contribution in [2.45, 2.75) is 25.9 Å². The molecular weight excluding hydrogens is 392 g/mol. The lowest BCUT2D eigenvalue weighted by molar-refractivity contribution is -0.384. The van der Waals surface area contributed by atoms with Crippen LogP contribution in [0.15, 0.2) is 42.5 Å². The highest BCUT2D eigenvalue weighted by molar-refractivity contribution is 5.96. The SMILES string of the molecule is Cc1cc([N+](=O)[O-])ccc1NC(=O)COC(=O)c1ccc(OC[C@@H]2CCCO2)cc1. The predicted octanol–water partition coefficient (Wildman–Crippen LogP) is 3.26. The number of nitro benzene ring substituents is 1. The lowest BCUT2D eigenvalue weighted by atomic mass is 10.2. The van der Waals surface area contributed by atoms with Gasteiger partial charge in [-0.05, 0) is 55.7 Å². The van der Waals surface area contributed by atoms with E-state index in [1.807, 2.05) is 0 Å². The molecule has 0 saturated carbocycles. The monoisotopic (exact) mass is 414 g/mol. The number of hydrogen-bond donors (Lipinski definition) is 1. The van der Waals surface area contributed by atoms with E-state index in [-0.39, 0.29) is 11.8 Å². The number of nitrogens with zero attached hydrogens (tertiary/aromatic N) is 1. The molecule has 158 valence electrons. The zero-order chi connectivity index (χ0) is 21.5. The van der Waals surface area contributed by atoms with Crippen LogP contribution in [0.25, 0.3) is 0 Å². The Morgan fingerprint density at radius 2 is 2.00 bits per heavy atom. The molecule has 9 nitrogen and oxygen atoms in total. The molecule has 0 radical (unpaired) electrons. The molecule has 0 aliphatic carbocycles. The van der Waals surface area contributed by atoms with E-state index in [0.717, 1.165) is 19.4 Å². The van der Waals surface area contributed by atoms with Crippen molar-refractivity contribution in [1.29, 1.82) is 0 Å². The third-order valence-corrected chi connectivity index (χ3v) is 4.58. The molecule has 1 aliphatic heterocycles. The maximum absolute atomic E-state index is 12.1. The molecule has 1 atom stereocenters. The smallest absolute Gasteiger partial charge is 0.338 e. The highest BCUT2D eigenvalue weighted by Crippen LogP contribution is 2.21. The van der Waals surface area contributed by atoms with Crippen LogP contribution in [-0.4, -0.2) is 42.7 Å². The van der Waals surface area contributed by atoms with E-state index in [1.54, 1.807) is 31.2 Å². The molecule has 0 aromatic heterocycles. The molecule has 0 spiro atoms. The Hall–Kier alpha value is -3.46. The fourth-order valence-corrected chi connectivity index (χ4v) is 2.95. The van der Waals surface area contributed by atoms with Gasteiger partial charge in [0.05, 0.1) is 16.6 Å². The fraction of sp³-hybridized carbons (Fsp3) is 0.333. The number of nitro groups is 1. The average molecular weight is 414 g/mol. The molecule has 1 N–H and O–H groups in total. The van der Waals surface area contributed by atoms with E-state index in [4.69, 9.17) is 14.2 Å². The minimum Gasteiger partial charge on any atom is -0.491 e. The Morgan fingerprint density at radius 3 is 2.63 bits per heavy atom. The maximum atomic E-state index is 12.1. The minimum atomic E-state index is -0.642. The predicted molar refractivity (Wildman–Crippen MR) is 108 cm³/mol. The van der Waals surface area contributed by atoms with Crippen LogP contribution in [-0.2, 0) is 14.3 Å². The minimum absolute atomic E-state index is 0.0693. The first-order chi connectivity index (χ1) is 14.4. The summed E-state index contributed by atoms with van der Waals surface area (Å²) in [6.07, 6.45) is 2.12. The number of aryl methyl sites for hydroxylation is 1. The second-order valence-electron chi connectivity index (χ2n) is 6.85. The van der Waals surface area contributed by atoms with E-state index in [0.29, 0.717) is 29.2 Å². The number of carbonyl (C=O) groups is 2. The van der Waals surface area contributed by atoms with Gasteiger partial charge in [-0.15, -0.1) is 0 Å². The van der Waals surface area contributed by atoms with Crippen LogP contribution in [0.2, 0.25) is 0 Å². The van der Waals surface area contributed by atoms with Crippen molar-refractivity contribution in [2.75, 3.05) is 25.1 Å². The molecule has 0 bridgehead atoms. The highest BCUT2D eigenvalue weighted by Gasteiger charge is 2.16. The molecule has 2 aromatic carbocycles. The number of esters is 1. The van der Waals surface area contributed by atoms with E-state index >= 15 is 0 Å². The summed E-state index contributed by atoms with van der Waals surface area (Å²) >= 11 is 0. The number of ether oxygens (including phenoxy) is 3. The topological polar surface area (TPSA) is 117 Å². The van der Waals surface area contributed by atoms with E-state index in [2.05, 4.69) is 5.32 Å². The fourth-order valence-electron chi connectivity index (χ4n) is 2.95. The number of benzene rings is 2. The molecule has 1 amide bonds. The Labute approximate surface area is 173 Å². The molecule has 1 saturated heterocycles. The normalized spacial score (nSPS) is 15.4. The summed E-state index contributed by atoms with van der Waals surface area (Å²) in [5, 5.41) is 13.3. The van der Waals surface area contributed by atoms with Crippen molar-refractivity contribution in [3.05, 3.63) is 63.7 Å². The van der Waals surface area contributed by atoms with Gasteiger partial charge in [0.2, 0.25) is 0 Å². The maximum Gasteiger partial charge on any atom is 0.338 e. The largest absolute Gasteiger partial charge is 0.491 e. The van der Waals surface area contributed by atoms with Crippen LogP contribution in [0.4, 0.5) is 11.4 Å². The molecule has 30 heavy (non-hydrogen) atoms. The van der Waals surface area contributed by atoms with E-state index < -0.39 is 23.4 Å². The number of anilines is 1. The molecule has 1 heterocycles. The van der Waals surface area contributed by atoms with Crippen molar-refractivity contribution in [2.24, 2.45) is 0 Å². The Bertz CT molecular complexity index is 921. The van der Waals surface area contributed by atoms with Crippen LogP contribution in [0.3, 0.4) is 0 Å². The van der Waals surface area contributed by atoms with Crippen LogP contribution in [0.5, 0.6) is 5.75 Å². The molecule has 0 unspecified atom stereocenters. The van der Waals surface area contributed by atoms with Crippen LogP contribution < -0.4 is 10.1 Å². The van der Waals surface area contributed by atoms with Gasteiger partial charge in [-0.25, -0.2) is 4.79 Å². The van der Waals surface area contributed by atoms with Gasteiger partial charge in [0.15, 0.2) is 6.61 Å². The summed E-state index contributed by atoms with van der Waals surface area (Å²) in [6.45, 7) is 2.38. The zero-order valence-corrected chi connectivity index (χ0v) is 16.5. The number of non-ortho nitro benzene ring substituents is 1. The second-order valence-corrected chi connectivity index (χ2v) is 6.85. The molecule has 9 heteroatoms. The second kappa shape index (κ2) is 9.84. The first-order valence-corrected chi connectivity index (χ1v) is 9.49. The quantitative estimate of drug-likeness (QED) is 0.400. The summed E-state index contributed by atoms with van der Waals surface area (Å²) in [4.78, 5) is 34.4. The molecule has 2 aromatic rings. The first kappa shape index (κ1) is 21.3. The van der Waals surface area contributed by atoms with E-state index in [1.165, 1.54) is 18.2 Å². The van der Waals surface area contributed by atoms with E-state index in [9.17, 15) is 19.7 Å². The summed E-state index contributed by atoms with van der Waals surface area (Å²) in [5.41, 5.74) is 1.16. The lowest BCUT2D eigenvalue weighted by Gasteiger charge is -2.12. The van der Waals surface area contributed by atoms with Gasteiger partial charge < -0.3 is 19.5 Å². The lowest BCUT2D eigenvalue weighted by Crippen LogP contribution is -2.21. The van der Waals surface area contributed by atoms with Gasteiger partial charge >= 0.3 is 5.97 Å².